The minimum absolute atomic E-state index is 0.0221. The number of aromatic nitrogens is 2. The molecule has 8 nitrogen and oxygen atoms in total. The number of carbonyl (C=O) groups is 1. The second kappa shape index (κ2) is 8.53. The molecular formula is C20H20N2O6. The molecule has 2 N–H and O–H groups in total. The van der Waals surface area contributed by atoms with Gasteiger partial charge in [0.15, 0.2) is 11.5 Å². The predicted molar refractivity (Wildman–Crippen MR) is 103 cm³/mol. The van der Waals surface area contributed by atoms with Crippen LogP contribution in [0.5, 0.6) is 11.5 Å². The van der Waals surface area contributed by atoms with Crippen molar-refractivity contribution in [1.82, 2.24) is 9.97 Å². The van der Waals surface area contributed by atoms with Crippen LogP contribution in [0.2, 0.25) is 0 Å². The Balaban J connectivity index is 2.07. The van der Waals surface area contributed by atoms with E-state index in [0.717, 1.165) is 0 Å². The van der Waals surface area contributed by atoms with Gasteiger partial charge in [-0.2, -0.15) is 0 Å². The number of aromatic amines is 1. The second-order valence-electron chi connectivity index (χ2n) is 5.83. The number of methoxy groups -OCH3 is 1. The van der Waals surface area contributed by atoms with Crippen LogP contribution in [-0.4, -0.2) is 48.0 Å². The lowest BCUT2D eigenvalue weighted by molar-refractivity contribution is 0.0697. The number of hydrogen-bond donors (Lipinski definition) is 2. The van der Waals surface area contributed by atoms with Crippen molar-refractivity contribution in [3.05, 3.63) is 52.3 Å². The molecule has 0 bridgehead atoms. The fraction of sp³-hybridized carbons (Fsp3) is 0.250. The highest BCUT2D eigenvalue weighted by atomic mass is 16.5. The Morgan fingerprint density at radius 3 is 2.75 bits per heavy atom. The summed E-state index contributed by atoms with van der Waals surface area (Å²) in [4.78, 5) is 30.8. The molecule has 146 valence electrons. The smallest absolute Gasteiger partial charge is 0.335 e. The number of carboxylic acid groups (broad SMARTS) is 1. The molecule has 0 amide bonds. The highest BCUT2D eigenvalue weighted by molar-refractivity contribution is 5.93. The van der Waals surface area contributed by atoms with E-state index < -0.39 is 11.5 Å². The zero-order valence-corrected chi connectivity index (χ0v) is 15.5. The molecule has 0 aliphatic carbocycles. The lowest BCUT2D eigenvalue weighted by Crippen LogP contribution is -2.12. The molecule has 3 aromatic rings. The monoisotopic (exact) mass is 384 g/mol. The highest BCUT2D eigenvalue weighted by Gasteiger charge is 2.16. The van der Waals surface area contributed by atoms with Gasteiger partial charge >= 0.3 is 5.97 Å². The van der Waals surface area contributed by atoms with Crippen molar-refractivity contribution in [2.75, 3.05) is 26.9 Å². The normalized spacial score (nSPS) is 10.8. The molecule has 1 aromatic heterocycles. The summed E-state index contributed by atoms with van der Waals surface area (Å²) in [6, 6.07) is 9.49. The number of fused-ring (bicyclic) bond motifs is 1. The maximum atomic E-state index is 12.5. The third kappa shape index (κ3) is 3.96. The number of carboxylic acids is 1. The molecule has 0 radical (unpaired) electrons. The molecule has 0 atom stereocenters. The third-order valence-electron chi connectivity index (χ3n) is 4.08. The Bertz CT molecular complexity index is 1060. The fourth-order valence-corrected chi connectivity index (χ4v) is 2.76. The standard InChI is InChI=1S/C20H20N2O6/c1-3-27-9-10-28-17-13(5-4-6-16(17)26-2)18-21-15-8-7-12(20(24)25)11-14(15)19(23)22-18/h4-8,11H,3,9-10H2,1-2H3,(H,24,25)(H,21,22,23). The van der Waals surface area contributed by atoms with Crippen LogP contribution in [0.1, 0.15) is 17.3 Å². The molecule has 0 fully saturated rings. The van der Waals surface area contributed by atoms with Gasteiger partial charge in [-0.3, -0.25) is 4.79 Å². The number of ether oxygens (including phenoxy) is 3. The molecule has 1 heterocycles. The van der Waals surface area contributed by atoms with Crippen LogP contribution in [-0.2, 0) is 4.74 Å². The Kier molecular flexibility index (Phi) is 5.90. The predicted octanol–water partition coefficient (Wildman–Crippen LogP) is 2.71. The largest absolute Gasteiger partial charge is 0.493 e. The maximum absolute atomic E-state index is 12.5. The Labute approximate surface area is 160 Å². The summed E-state index contributed by atoms with van der Waals surface area (Å²) in [5, 5.41) is 9.31. The van der Waals surface area contributed by atoms with Crippen LogP contribution < -0.4 is 15.0 Å². The van der Waals surface area contributed by atoms with Crippen LogP contribution >= 0.6 is 0 Å². The van der Waals surface area contributed by atoms with Gasteiger partial charge in [0.1, 0.15) is 12.4 Å². The van der Waals surface area contributed by atoms with Gasteiger partial charge < -0.3 is 24.3 Å². The van der Waals surface area contributed by atoms with Crippen LogP contribution in [0.25, 0.3) is 22.3 Å². The molecule has 8 heteroatoms. The van der Waals surface area contributed by atoms with Crippen molar-refractivity contribution in [1.29, 1.82) is 0 Å². The SMILES string of the molecule is CCOCCOc1c(OC)cccc1-c1nc2ccc(C(=O)O)cc2c(=O)[nH]1. The lowest BCUT2D eigenvalue weighted by Gasteiger charge is -2.15. The Hall–Kier alpha value is -3.39. The van der Waals surface area contributed by atoms with E-state index in [1.54, 1.807) is 18.2 Å². The molecular weight excluding hydrogens is 364 g/mol. The number of H-pyrrole nitrogens is 1. The van der Waals surface area contributed by atoms with Gasteiger partial charge in [-0.15, -0.1) is 0 Å². The number of nitrogens with one attached hydrogen (secondary N) is 1. The van der Waals surface area contributed by atoms with Gasteiger partial charge in [-0.25, -0.2) is 9.78 Å². The molecule has 0 aliphatic rings. The summed E-state index contributed by atoms with van der Waals surface area (Å²) in [5.41, 5.74) is 0.518. The fourth-order valence-electron chi connectivity index (χ4n) is 2.76. The summed E-state index contributed by atoms with van der Waals surface area (Å²) in [7, 11) is 1.53. The van der Waals surface area contributed by atoms with Crippen molar-refractivity contribution in [2.45, 2.75) is 6.92 Å². The first-order chi connectivity index (χ1) is 13.5. The van der Waals surface area contributed by atoms with E-state index in [1.165, 1.54) is 25.3 Å². The molecule has 0 saturated carbocycles. The topological polar surface area (TPSA) is 111 Å². The van der Waals surface area contributed by atoms with Gasteiger partial charge in [0.05, 0.1) is 35.7 Å². The van der Waals surface area contributed by atoms with Crippen molar-refractivity contribution < 1.29 is 24.1 Å². The number of hydrogen-bond acceptors (Lipinski definition) is 6. The molecule has 0 saturated heterocycles. The van der Waals surface area contributed by atoms with Gasteiger partial charge in [0, 0.05) is 6.61 Å². The van der Waals surface area contributed by atoms with E-state index in [9.17, 15) is 9.59 Å². The van der Waals surface area contributed by atoms with Crippen LogP contribution in [0.4, 0.5) is 0 Å². The number of benzene rings is 2. The number of para-hydroxylation sites is 1. The van der Waals surface area contributed by atoms with Crippen LogP contribution in [0.15, 0.2) is 41.2 Å². The van der Waals surface area contributed by atoms with Gasteiger partial charge in [-0.05, 0) is 37.3 Å². The number of nitrogens with zero attached hydrogens (tertiary/aromatic N) is 1. The van der Waals surface area contributed by atoms with E-state index in [-0.39, 0.29) is 10.9 Å². The van der Waals surface area contributed by atoms with E-state index in [2.05, 4.69) is 9.97 Å². The average Bonchev–Trinajstić information content (AvgIpc) is 2.70. The number of rotatable bonds is 8. The third-order valence-corrected chi connectivity index (χ3v) is 4.08. The summed E-state index contributed by atoms with van der Waals surface area (Å²) in [6.45, 7) is 3.20. The van der Waals surface area contributed by atoms with Crippen molar-refractivity contribution in [2.24, 2.45) is 0 Å². The zero-order chi connectivity index (χ0) is 20.1. The molecule has 3 rings (SSSR count). The van der Waals surface area contributed by atoms with Crippen molar-refractivity contribution in [3.8, 4) is 22.9 Å². The minimum Gasteiger partial charge on any atom is -0.493 e. The second-order valence-corrected chi connectivity index (χ2v) is 5.83. The molecule has 0 aliphatic heterocycles. The quantitative estimate of drug-likeness (QED) is 0.575. The summed E-state index contributed by atoms with van der Waals surface area (Å²) in [5.74, 6) is 0.126. The molecule has 28 heavy (non-hydrogen) atoms. The van der Waals surface area contributed by atoms with Gasteiger partial charge in [-0.1, -0.05) is 6.07 Å². The van der Waals surface area contributed by atoms with Gasteiger partial charge in [0.25, 0.3) is 5.56 Å². The van der Waals surface area contributed by atoms with Crippen molar-refractivity contribution >= 4 is 16.9 Å². The summed E-state index contributed by atoms with van der Waals surface area (Å²) >= 11 is 0. The van der Waals surface area contributed by atoms with Gasteiger partial charge in [0.2, 0.25) is 0 Å². The van der Waals surface area contributed by atoms with E-state index in [4.69, 9.17) is 19.3 Å². The highest BCUT2D eigenvalue weighted by Crippen LogP contribution is 2.36. The molecule has 2 aromatic carbocycles. The van der Waals surface area contributed by atoms with Crippen LogP contribution in [0, 0.1) is 0 Å². The average molecular weight is 384 g/mol. The first-order valence-corrected chi connectivity index (χ1v) is 8.70. The Morgan fingerprint density at radius 1 is 1.21 bits per heavy atom. The van der Waals surface area contributed by atoms with E-state index in [1.807, 2.05) is 6.92 Å². The summed E-state index contributed by atoms with van der Waals surface area (Å²) < 4.78 is 16.5. The summed E-state index contributed by atoms with van der Waals surface area (Å²) in [6.07, 6.45) is 0. The number of aromatic carboxylic acids is 1. The first kappa shape index (κ1) is 19.4. The van der Waals surface area contributed by atoms with E-state index in [0.29, 0.717) is 48.2 Å². The first-order valence-electron chi connectivity index (χ1n) is 8.70. The minimum atomic E-state index is -1.11. The lowest BCUT2D eigenvalue weighted by atomic mass is 10.1. The maximum Gasteiger partial charge on any atom is 0.335 e. The zero-order valence-electron chi connectivity index (χ0n) is 15.5. The molecule has 0 unspecified atom stereocenters. The van der Waals surface area contributed by atoms with Crippen molar-refractivity contribution in [3.63, 3.8) is 0 Å². The Morgan fingerprint density at radius 2 is 2.04 bits per heavy atom. The molecule has 0 spiro atoms. The van der Waals surface area contributed by atoms with E-state index >= 15 is 0 Å². The van der Waals surface area contributed by atoms with Crippen LogP contribution in [0.3, 0.4) is 0 Å².